The average Bonchev–Trinajstić information content (AvgIpc) is 2.54. The summed E-state index contributed by atoms with van der Waals surface area (Å²) in [6.45, 7) is 1.84. The van der Waals surface area contributed by atoms with Crippen molar-refractivity contribution in [2.75, 3.05) is 5.32 Å². The Morgan fingerprint density at radius 2 is 1.88 bits per heavy atom. The molecule has 0 unspecified atom stereocenters. The third-order valence-electron chi connectivity index (χ3n) is 3.55. The number of benzene rings is 2. The number of hydrogen-bond donors (Lipinski definition) is 3. The number of anilines is 2. The van der Waals surface area contributed by atoms with Gasteiger partial charge in [-0.15, -0.1) is 0 Å². The summed E-state index contributed by atoms with van der Waals surface area (Å²) in [7, 11) is 0. The van der Waals surface area contributed by atoms with Crippen molar-refractivity contribution in [2.45, 2.75) is 13.3 Å². The Morgan fingerprint density at radius 3 is 2.64 bits per heavy atom. The largest absolute Gasteiger partial charge is 0.507 e. The molecule has 0 amide bonds. The number of nitrogens with zero attached hydrogens (tertiary/aromatic N) is 2. The summed E-state index contributed by atoms with van der Waals surface area (Å²) in [5.74, 6) is 0.222. The van der Waals surface area contributed by atoms with Gasteiger partial charge in [0.1, 0.15) is 11.6 Å². The van der Waals surface area contributed by atoms with Crippen LogP contribution in [0, 0.1) is 6.92 Å². The van der Waals surface area contributed by atoms with Crippen LogP contribution in [0.3, 0.4) is 0 Å². The predicted octanol–water partition coefficient (Wildman–Crippen LogP) is 3.53. The minimum Gasteiger partial charge on any atom is -0.507 e. The van der Waals surface area contributed by atoms with Gasteiger partial charge in [0.15, 0.2) is 5.82 Å². The SMILES string of the molecule is Cc1cc(Nc2cccc(CC(=O)O)c2)nc(-c2ccccc2O)n1. The van der Waals surface area contributed by atoms with E-state index in [1.165, 1.54) is 0 Å². The molecule has 25 heavy (non-hydrogen) atoms. The number of aryl methyl sites for hydroxylation is 1. The molecule has 1 aromatic heterocycles. The van der Waals surface area contributed by atoms with Crippen molar-refractivity contribution >= 4 is 17.5 Å². The minimum atomic E-state index is -0.878. The molecule has 0 spiro atoms. The molecule has 6 heteroatoms. The summed E-state index contributed by atoms with van der Waals surface area (Å²) in [5, 5.41) is 22.1. The highest BCUT2D eigenvalue weighted by molar-refractivity contribution is 5.71. The van der Waals surface area contributed by atoms with Crippen LogP contribution in [-0.2, 0) is 11.2 Å². The topological polar surface area (TPSA) is 95.3 Å². The lowest BCUT2D eigenvalue weighted by Crippen LogP contribution is -2.02. The Bertz CT molecular complexity index is 925. The van der Waals surface area contributed by atoms with Gasteiger partial charge in [0.25, 0.3) is 0 Å². The monoisotopic (exact) mass is 335 g/mol. The molecular weight excluding hydrogens is 318 g/mol. The van der Waals surface area contributed by atoms with E-state index >= 15 is 0 Å². The predicted molar refractivity (Wildman–Crippen MR) is 94.9 cm³/mol. The van der Waals surface area contributed by atoms with E-state index in [1.54, 1.807) is 42.5 Å². The van der Waals surface area contributed by atoms with E-state index in [2.05, 4.69) is 15.3 Å². The van der Waals surface area contributed by atoms with Gasteiger partial charge in [-0.3, -0.25) is 4.79 Å². The van der Waals surface area contributed by atoms with Crippen molar-refractivity contribution in [3.63, 3.8) is 0 Å². The summed E-state index contributed by atoms with van der Waals surface area (Å²) in [6, 6.07) is 15.8. The number of hydrogen-bond acceptors (Lipinski definition) is 5. The van der Waals surface area contributed by atoms with Crippen molar-refractivity contribution in [1.82, 2.24) is 9.97 Å². The standard InChI is InChI=1S/C19H17N3O3/c1-12-9-17(21-14-6-4-5-13(10-14)11-18(24)25)22-19(20-12)15-7-2-3-8-16(15)23/h2-10,23H,11H2,1H3,(H,24,25)(H,20,21,22). The van der Waals surface area contributed by atoms with Crippen LogP contribution >= 0.6 is 0 Å². The first-order valence-corrected chi connectivity index (χ1v) is 7.73. The minimum absolute atomic E-state index is 0.0402. The third-order valence-corrected chi connectivity index (χ3v) is 3.55. The van der Waals surface area contributed by atoms with Gasteiger partial charge in [-0.2, -0.15) is 0 Å². The number of carboxylic acids is 1. The molecule has 0 fully saturated rings. The van der Waals surface area contributed by atoms with Crippen LogP contribution in [0.25, 0.3) is 11.4 Å². The van der Waals surface area contributed by atoms with Gasteiger partial charge >= 0.3 is 5.97 Å². The van der Waals surface area contributed by atoms with E-state index in [4.69, 9.17) is 5.11 Å². The molecular formula is C19H17N3O3. The van der Waals surface area contributed by atoms with Gasteiger partial charge in [-0.05, 0) is 36.8 Å². The number of para-hydroxylation sites is 1. The smallest absolute Gasteiger partial charge is 0.307 e. The Kier molecular flexibility index (Phi) is 4.61. The Labute approximate surface area is 144 Å². The Morgan fingerprint density at radius 1 is 1.08 bits per heavy atom. The summed E-state index contributed by atoms with van der Waals surface area (Å²) < 4.78 is 0. The second kappa shape index (κ2) is 7.00. The van der Waals surface area contributed by atoms with Crippen LogP contribution in [0.1, 0.15) is 11.3 Å². The second-order valence-electron chi connectivity index (χ2n) is 5.63. The van der Waals surface area contributed by atoms with Crippen molar-refractivity contribution < 1.29 is 15.0 Å². The van der Waals surface area contributed by atoms with E-state index < -0.39 is 5.97 Å². The number of aromatic hydroxyl groups is 1. The van der Waals surface area contributed by atoms with Crippen LogP contribution in [0.2, 0.25) is 0 Å². The fourth-order valence-corrected chi connectivity index (χ4v) is 2.50. The van der Waals surface area contributed by atoms with Crippen molar-refractivity contribution in [3.8, 4) is 17.1 Å². The molecule has 3 rings (SSSR count). The molecule has 2 aromatic carbocycles. The maximum atomic E-state index is 10.9. The van der Waals surface area contributed by atoms with Gasteiger partial charge in [0.2, 0.25) is 0 Å². The highest BCUT2D eigenvalue weighted by Crippen LogP contribution is 2.27. The fraction of sp³-hybridized carbons (Fsp3) is 0.105. The quantitative estimate of drug-likeness (QED) is 0.660. The van der Waals surface area contributed by atoms with Crippen molar-refractivity contribution in [2.24, 2.45) is 0 Å². The number of carboxylic acid groups (broad SMARTS) is 1. The van der Waals surface area contributed by atoms with Crippen LogP contribution in [0.5, 0.6) is 5.75 Å². The van der Waals surface area contributed by atoms with E-state index in [1.807, 2.05) is 19.1 Å². The Hall–Kier alpha value is -3.41. The van der Waals surface area contributed by atoms with E-state index in [0.717, 1.165) is 11.4 Å². The number of phenolic OH excluding ortho intramolecular Hbond substituents is 1. The normalized spacial score (nSPS) is 10.4. The molecule has 126 valence electrons. The summed E-state index contributed by atoms with van der Waals surface area (Å²) in [5.41, 5.74) is 2.73. The lowest BCUT2D eigenvalue weighted by molar-refractivity contribution is -0.136. The zero-order valence-corrected chi connectivity index (χ0v) is 13.6. The lowest BCUT2D eigenvalue weighted by atomic mass is 10.1. The Balaban J connectivity index is 1.91. The van der Waals surface area contributed by atoms with Gasteiger partial charge in [-0.1, -0.05) is 24.3 Å². The van der Waals surface area contributed by atoms with Crippen molar-refractivity contribution in [1.29, 1.82) is 0 Å². The van der Waals surface area contributed by atoms with E-state index in [-0.39, 0.29) is 12.2 Å². The molecule has 0 bridgehead atoms. The fourth-order valence-electron chi connectivity index (χ4n) is 2.50. The molecule has 0 radical (unpaired) electrons. The molecule has 3 N–H and O–H groups in total. The molecule has 0 atom stereocenters. The molecule has 0 aliphatic rings. The van der Waals surface area contributed by atoms with E-state index in [9.17, 15) is 9.90 Å². The molecule has 0 aliphatic heterocycles. The first-order valence-electron chi connectivity index (χ1n) is 7.73. The van der Waals surface area contributed by atoms with Crippen LogP contribution in [-0.4, -0.2) is 26.2 Å². The number of aliphatic carboxylic acids is 1. The summed E-state index contributed by atoms with van der Waals surface area (Å²) >= 11 is 0. The maximum absolute atomic E-state index is 10.9. The molecule has 0 saturated heterocycles. The average molecular weight is 335 g/mol. The number of aromatic nitrogens is 2. The molecule has 6 nitrogen and oxygen atoms in total. The lowest BCUT2D eigenvalue weighted by Gasteiger charge is -2.10. The maximum Gasteiger partial charge on any atom is 0.307 e. The number of phenols is 1. The summed E-state index contributed by atoms with van der Waals surface area (Å²) in [6.07, 6.45) is -0.0402. The molecule has 1 heterocycles. The number of nitrogens with one attached hydrogen (secondary N) is 1. The highest BCUT2D eigenvalue weighted by atomic mass is 16.4. The second-order valence-corrected chi connectivity index (χ2v) is 5.63. The first-order chi connectivity index (χ1) is 12.0. The van der Waals surface area contributed by atoms with Crippen LogP contribution in [0.15, 0.2) is 54.6 Å². The number of carbonyl (C=O) groups is 1. The third kappa shape index (κ3) is 4.11. The van der Waals surface area contributed by atoms with Crippen molar-refractivity contribution in [3.05, 3.63) is 65.9 Å². The summed E-state index contributed by atoms with van der Waals surface area (Å²) in [4.78, 5) is 19.7. The van der Waals surface area contributed by atoms with Gasteiger partial charge in [-0.25, -0.2) is 9.97 Å². The van der Waals surface area contributed by atoms with Crippen LogP contribution < -0.4 is 5.32 Å². The first kappa shape index (κ1) is 16.4. The zero-order valence-electron chi connectivity index (χ0n) is 13.6. The van der Waals surface area contributed by atoms with Crippen LogP contribution in [0.4, 0.5) is 11.5 Å². The number of rotatable bonds is 5. The van der Waals surface area contributed by atoms with Gasteiger partial charge in [0.05, 0.1) is 12.0 Å². The van der Waals surface area contributed by atoms with E-state index in [0.29, 0.717) is 22.8 Å². The van der Waals surface area contributed by atoms with Gasteiger partial charge in [0, 0.05) is 17.4 Å². The molecule has 0 saturated carbocycles. The molecule has 3 aromatic rings. The zero-order chi connectivity index (χ0) is 17.8. The van der Waals surface area contributed by atoms with Gasteiger partial charge < -0.3 is 15.5 Å². The molecule has 0 aliphatic carbocycles. The highest BCUT2D eigenvalue weighted by Gasteiger charge is 2.09.